The molecule has 1 amide bonds. The van der Waals surface area contributed by atoms with E-state index in [1.54, 1.807) is 23.6 Å². The molecule has 0 radical (unpaired) electrons. The number of thiazole rings is 1. The fourth-order valence-electron chi connectivity index (χ4n) is 2.28. The molecule has 1 aliphatic heterocycles. The minimum atomic E-state index is -3.11. The van der Waals surface area contributed by atoms with Crippen LogP contribution in [0.3, 0.4) is 0 Å². The van der Waals surface area contributed by atoms with E-state index in [0.717, 1.165) is 10.6 Å². The van der Waals surface area contributed by atoms with Crippen LogP contribution in [0.4, 0.5) is 5.69 Å². The molecule has 3 rings (SSSR count). The number of carbonyl (C=O) groups excluding carboxylic acids is 1. The number of hydrogen-bond acceptors (Lipinski definition) is 5. The summed E-state index contributed by atoms with van der Waals surface area (Å²) < 4.78 is 22.6. The molecule has 1 aliphatic rings. The van der Waals surface area contributed by atoms with Crippen molar-refractivity contribution in [3.63, 3.8) is 0 Å². The Bertz CT molecular complexity index is 794. The molecule has 0 fully saturated rings. The van der Waals surface area contributed by atoms with Crippen molar-refractivity contribution in [2.45, 2.75) is 6.42 Å². The maximum absolute atomic E-state index is 11.9. The second kappa shape index (κ2) is 6.02. The molecular formula is C15H14N2O3S2. The highest BCUT2D eigenvalue weighted by molar-refractivity contribution is 7.94. The number of amides is 1. The standard InChI is InChI=1S/C15H14N2O3S2/c18-14(9-11-5-8-22(19,20)10-11)17-13-3-1-12(2-4-13)15-16-6-7-21-15/h1-8,11H,9-10H2,(H,17,18). The molecule has 1 N–H and O–H groups in total. The number of carbonyl (C=O) groups is 1. The fraction of sp³-hybridized carbons (Fsp3) is 0.200. The summed E-state index contributed by atoms with van der Waals surface area (Å²) in [5.41, 5.74) is 1.69. The van der Waals surface area contributed by atoms with Crippen molar-refractivity contribution in [3.8, 4) is 10.6 Å². The number of rotatable bonds is 4. The first-order chi connectivity index (χ1) is 10.5. The lowest BCUT2D eigenvalue weighted by Gasteiger charge is -2.08. The van der Waals surface area contributed by atoms with Crippen LogP contribution in [0.5, 0.6) is 0 Å². The molecule has 1 aromatic heterocycles. The summed E-state index contributed by atoms with van der Waals surface area (Å²) in [7, 11) is -3.11. The Hall–Kier alpha value is -1.99. The third-order valence-electron chi connectivity index (χ3n) is 3.30. The molecule has 0 saturated carbocycles. The molecule has 1 unspecified atom stereocenters. The van der Waals surface area contributed by atoms with Crippen LogP contribution in [0, 0.1) is 5.92 Å². The highest BCUT2D eigenvalue weighted by atomic mass is 32.2. The van der Waals surface area contributed by atoms with Gasteiger partial charge in [-0.05, 0) is 24.3 Å². The highest BCUT2D eigenvalue weighted by Crippen LogP contribution is 2.24. The zero-order chi connectivity index (χ0) is 15.6. The molecule has 2 heterocycles. The number of hydrogen-bond donors (Lipinski definition) is 1. The Balaban J connectivity index is 1.59. The van der Waals surface area contributed by atoms with Gasteiger partial charge in [0.25, 0.3) is 0 Å². The van der Waals surface area contributed by atoms with Crippen LogP contribution in [0.2, 0.25) is 0 Å². The van der Waals surface area contributed by atoms with Gasteiger partial charge in [0.1, 0.15) is 5.01 Å². The van der Waals surface area contributed by atoms with Gasteiger partial charge in [0.15, 0.2) is 9.84 Å². The van der Waals surface area contributed by atoms with Crippen molar-refractivity contribution in [2.24, 2.45) is 5.92 Å². The number of anilines is 1. The molecule has 0 spiro atoms. The van der Waals surface area contributed by atoms with E-state index in [9.17, 15) is 13.2 Å². The molecule has 0 bridgehead atoms. The summed E-state index contributed by atoms with van der Waals surface area (Å²) in [4.78, 5) is 16.2. The van der Waals surface area contributed by atoms with Crippen molar-refractivity contribution in [2.75, 3.05) is 11.1 Å². The molecule has 1 atom stereocenters. The first-order valence-electron chi connectivity index (χ1n) is 6.72. The first-order valence-corrected chi connectivity index (χ1v) is 9.32. The molecule has 0 saturated heterocycles. The molecule has 5 nitrogen and oxygen atoms in total. The highest BCUT2D eigenvalue weighted by Gasteiger charge is 2.23. The largest absolute Gasteiger partial charge is 0.326 e. The first kappa shape index (κ1) is 14.9. The van der Waals surface area contributed by atoms with Gasteiger partial charge in [0.2, 0.25) is 5.91 Å². The quantitative estimate of drug-likeness (QED) is 0.933. The Morgan fingerprint density at radius 2 is 2.09 bits per heavy atom. The Labute approximate surface area is 132 Å². The third-order valence-corrected chi connectivity index (χ3v) is 5.59. The number of allylic oxidation sites excluding steroid dienone is 1. The lowest BCUT2D eigenvalue weighted by atomic mass is 10.1. The van der Waals surface area contributed by atoms with E-state index in [0.29, 0.717) is 5.69 Å². The molecule has 2 aromatic rings. The Morgan fingerprint density at radius 1 is 1.32 bits per heavy atom. The van der Waals surface area contributed by atoms with Crippen LogP contribution >= 0.6 is 11.3 Å². The molecule has 1 aromatic carbocycles. The van der Waals surface area contributed by atoms with Gasteiger partial charge in [0, 0.05) is 40.6 Å². The topological polar surface area (TPSA) is 76.1 Å². The number of nitrogens with zero attached hydrogens (tertiary/aromatic N) is 1. The van der Waals surface area contributed by atoms with Gasteiger partial charge in [-0.2, -0.15) is 0 Å². The zero-order valence-electron chi connectivity index (χ0n) is 11.6. The summed E-state index contributed by atoms with van der Waals surface area (Å²) >= 11 is 1.55. The minimum absolute atomic E-state index is 0.0173. The van der Waals surface area contributed by atoms with Crippen LogP contribution in [-0.4, -0.2) is 25.1 Å². The molecule has 0 aliphatic carbocycles. The number of aromatic nitrogens is 1. The number of nitrogens with one attached hydrogen (secondary N) is 1. The Morgan fingerprint density at radius 3 is 2.68 bits per heavy atom. The molecule has 114 valence electrons. The van der Waals surface area contributed by atoms with E-state index < -0.39 is 9.84 Å². The second-order valence-electron chi connectivity index (χ2n) is 5.09. The van der Waals surface area contributed by atoms with Crippen molar-refractivity contribution >= 4 is 32.8 Å². The maximum Gasteiger partial charge on any atom is 0.224 e. The lowest BCUT2D eigenvalue weighted by Crippen LogP contribution is -2.17. The predicted octanol–water partition coefficient (Wildman–Crippen LogP) is 2.70. The van der Waals surface area contributed by atoms with Gasteiger partial charge in [-0.25, -0.2) is 13.4 Å². The summed E-state index contributed by atoms with van der Waals surface area (Å²) in [6.45, 7) is 0. The van der Waals surface area contributed by atoms with Gasteiger partial charge >= 0.3 is 0 Å². The van der Waals surface area contributed by atoms with Crippen LogP contribution in [-0.2, 0) is 14.6 Å². The van der Waals surface area contributed by atoms with Gasteiger partial charge in [0.05, 0.1) is 5.75 Å². The normalized spacial score (nSPS) is 19.2. The monoisotopic (exact) mass is 334 g/mol. The van der Waals surface area contributed by atoms with Crippen LogP contribution in [0.25, 0.3) is 10.6 Å². The van der Waals surface area contributed by atoms with Gasteiger partial charge in [-0.15, -0.1) is 11.3 Å². The van der Waals surface area contributed by atoms with E-state index in [-0.39, 0.29) is 24.0 Å². The zero-order valence-corrected chi connectivity index (χ0v) is 13.2. The van der Waals surface area contributed by atoms with Crippen molar-refractivity contribution < 1.29 is 13.2 Å². The average Bonchev–Trinajstić information content (AvgIpc) is 3.09. The SMILES string of the molecule is O=C(CC1C=CS(=O)(=O)C1)Nc1ccc(-c2nccs2)cc1. The van der Waals surface area contributed by atoms with Crippen molar-refractivity contribution in [1.29, 1.82) is 0 Å². The van der Waals surface area contributed by atoms with Gasteiger partial charge in [-0.3, -0.25) is 4.79 Å². The summed E-state index contributed by atoms with van der Waals surface area (Å²) in [5.74, 6) is -0.406. The van der Waals surface area contributed by atoms with Crippen LogP contribution in [0.1, 0.15) is 6.42 Å². The second-order valence-corrected chi connectivity index (χ2v) is 7.91. The van der Waals surface area contributed by atoms with E-state index in [4.69, 9.17) is 0 Å². The van der Waals surface area contributed by atoms with Crippen LogP contribution < -0.4 is 5.32 Å². The van der Waals surface area contributed by atoms with E-state index >= 15 is 0 Å². The van der Waals surface area contributed by atoms with Gasteiger partial charge in [-0.1, -0.05) is 6.08 Å². The fourth-order valence-corrected chi connectivity index (χ4v) is 4.32. The van der Waals surface area contributed by atoms with E-state index in [1.807, 2.05) is 29.6 Å². The number of sulfone groups is 1. The van der Waals surface area contributed by atoms with Gasteiger partial charge < -0.3 is 5.32 Å². The lowest BCUT2D eigenvalue weighted by molar-refractivity contribution is -0.116. The Kier molecular flexibility index (Phi) is 4.08. The maximum atomic E-state index is 11.9. The van der Waals surface area contributed by atoms with Crippen molar-refractivity contribution in [1.82, 2.24) is 4.98 Å². The van der Waals surface area contributed by atoms with E-state index in [2.05, 4.69) is 10.3 Å². The smallest absolute Gasteiger partial charge is 0.224 e. The average molecular weight is 334 g/mol. The summed E-state index contributed by atoms with van der Waals surface area (Å²) in [6.07, 6.45) is 3.50. The van der Waals surface area contributed by atoms with E-state index in [1.165, 1.54) is 5.41 Å². The summed E-state index contributed by atoms with van der Waals surface area (Å²) in [6, 6.07) is 7.43. The third kappa shape index (κ3) is 3.61. The minimum Gasteiger partial charge on any atom is -0.326 e. The summed E-state index contributed by atoms with van der Waals surface area (Å²) in [5, 5.41) is 6.81. The molecule has 22 heavy (non-hydrogen) atoms. The molecular weight excluding hydrogens is 320 g/mol. The molecule has 7 heteroatoms. The predicted molar refractivity (Wildman–Crippen MR) is 87.2 cm³/mol. The number of benzene rings is 1. The van der Waals surface area contributed by atoms with Crippen molar-refractivity contribution in [3.05, 3.63) is 47.3 Å². The van der Waals surface area contributed by atoms with Crippen LogP contribution in [0.15, 0.2) is 47.3 Å².